The molecule has 1 rings (SSSR count). The number of hydrogen-bond acceptors (Lipinski definition) is 3. The molecular formula is C12H23N3O2. The predicted molar refractivity (Wildman–Crippen MR) is 66.2 cm³/mol. The molecule has 4 N–H and O–H groups in total. The van der Waals surface area contributed by atoms with E-state index in [1.807, 2.05) is 13.8 Å². The summed E-state index contributed by atoms with van der Waals surface area (Å²) in [7, 11) is 0. The highest BCUT2D eigenvalue weighted by atomic mass is 16.2. The van der Waals surface area contributed by atoms with Gasteiger partial charge in [0.05, 0.1) is 6.04 Å². The highest BCUT2D eigenvalue weighted by molar-refractivity contribution is 5.82. The van der Waals surface area contributed by atoms with Crippen molar-refractivity contribution in [3.8, 4) is 0 Å². The maximum Gasteiger partial charge on any atom is 0.236 e. The van der Waals surface area contributed by atoms with Crippen molar-refractivity contribution >= 4 is 11.8 Å². The first-order valence-corrected chi connectivity index (χ1v) is 6.31. The lowest BCUT2D eigenvalue weighted by Crippen LogP contribution is -2.44. The molecule has 1 fully saturated rings. The van der Waals surface area contributed by atoms with E-state index in [0.29, 0.717) is 25.4 Å². The fourth-order valence-electron chi connectivity index (χ4n) is 1.61. The quantitative estimate of drug-likeness (QED) is 0.549. The van der Waals surface area contributed by atoms with Gasteiger partial charge in [-0.15, -0.1) is 0 Å². The van der Waals surface area contributed by atoms with Crippen molar-refractivity contribution in [1.29, 1.82) is 0 Å². The first-order chi connectivity index (χ1) is 8.00. The summed E-state index contributed by atoms with van der Waals surface area (Å²) < 4.78 is 0. The van der Waals surface area contributed by atoms with Crippen LogP contribution in [0.4, 0.5) is 0 Å². The summed E-state index contributed by atoms with van der Waals surface area (Å²) in [4.78, 5) is 22.8. The molecule has 1 aliphatic rings. The fraction of sp³-hybridized carbons (Fsp3) is 0.833. The average Bonchev–Trinajstić information content (AvgIpc) is 3.06. The molecule has 0 heterocycles. The van der Waals surface area contributed by atoms with Crippen LogP contribution in [0.2, 0.25) is 0 Å². The molecule has 0 saturated heterocycles. The van der Waals surface area contributed by atoms with Crippen LogP contribution in [0.25, 0.3) is 0 Å². The fourth-order valence-corrected chi connectivity index (χ4v) is 1.61. The van der Waals surface area contributed by atoms with Crippen molar-refractivity contribution in [2.75, 3.05) is 13.1 Å². The van der Waals surface area contributed by atoms with Gasteiger partial charge in [-0.1, -0.05) is 13.8 Å². The van der Waals surface area contributed by atoms with E-state index in [1.54, 1.807) is 0 Å². The molecule has 98 valence electrons. The van der Waals surface area contributed by atoms with Crippen LogP contribution in [0.1, 0.15) is 33.1 Å². The number of rotatable bonds is 7. The zero-order chi connectivity index (χ0) is 12.8. The van der Waals surface area contributed by atoms with Gasteiger partial charge in [0.25, 0.3) is 0 Å². The Morgan fingerprint density at radius 1 is 1.24 bits per heavy atom. The Bertz CT molecular complexity index is 275. The van der Waals surface area contributed by atoms with Gasteiger partial charge in [-0.25, -0.2) is 0 Å². The van der Waals surface area contributed by atoms with Gasteiger partial charge >= 0.3 is 0 Å². The third-order valence-electron chi connectivity index (χ3n) is 2.73. The second kappa shape index (κ2) is 6.59. The van der Waals surface area contributed by atoms with Crippen LogP contribution in [0.15, 0.2) is 0 Å². The molecule has 2 amide bonds. The van der Waals surface area contributed by atoms with Crippen molar-refractivity contribution < 1.29 is 9.59 Å². The second-order valence-corrected chi connectivity index (χ2v) is 5.09. The molecule has 0 radical (unpaired) electrons. The number of amides is 2. The molecule has 0 aliphatic heterocycles. The molecule has 0 aromatic heterocycles. The lowest BCUT2D eigenvalue weighted by atomic mass is 10.0. The Balaban J connectivity index is 2.04. The lowest BCUT2D eigenvalue weighted by Gasteiger charge is -2.14. The molecule has 5 nitrogen and oxygen atoms in total. The van der Waals surface area contributed by atoms with E-state index >= 15 is 0 Å². The average molecular weight is 241 g/mol. The molecule has 1 aliphatic carbocycles. The van der Waals surface area contributed by atoms with Crippen molar-refractivity contribution in [3.05, 3.63) is 0 Å². The Hall–Kier alpha value is -1.10. The maximum atomic E-state index is 11.5. The highest BCUT2D eigenvalue weighted by Crippen LogP contribution is 2.28. The van der Waals surface area contributed by atoms with Crippen molar-refractivity contribution in [3.63, 3.8) is 0 Å². The van der Waals surface area contributed by atoms with E-state index in [-0.39, 0.29) is 17.7 Å². The van der Waals surface area contributed by atoms with Gasteiger partial charge in [-0.3, -0.25) is 9.59 Å². The van der Waals surface area contributed by atoms with Crippen LogP contribution in [-0.4, -0.2) is 30.9 Å². The summed E-state index contributed by atoms with van der Waals surface area (Å²) in [6.45, 7) is 4.99. The summed E-state index contributed by atoms with van der Waals surface area (Å²) in [5, 5.41) is 5.51. The minimum atomic E-state index is -0.450. The lowest BCUT2D eigenvalue weighted by molar-refractivity contribution is -0.124. The Labute approximate surface area is 103 Å². The van der Waals surface area contributed by atoms with Gasteiger partial charge in [0.1, 0.15) is 0 Å². The Morgan fingerprint density at radius 2 is 1.82 bits per heavy atom. The summed E-state index contributed by atoms with van der Waals surface area (Å²) in [5.41, 5.74) is 5.72. The standard InChI is InChI=1S/C12H23N3O2/c1-8(2)7-10(13)12(17)15-6-5-14-11(16)9-3-4-9/h8-10H,3-7,13H2,1-2H3,(H,14,16)(H,15,17)/t10-/m0/s1. The van der Waals surface area contributed by atoms with Crippen LogP contribution in [0, 0.1) is 11.8 Å². The zero-order valence-corrected chi connectivity index (χ0v) is 10.7. The van der Waals surface area contributed by atoms with Crippen LogP contribution in [0.3, 0.4) is 0 Å². The third kappa shape index (κ3) is 5.68. The van der Waals surface area contributed by atoms with Crippen molar-refractivity contribution in [2.24, 2.45) is 17.6 Å². The number of carbonyl (C=O) groups excluding carboxylic acids is 2. The summed E-state index contributed by atoms with van der Waals surface area (Å²) in [5.74, 6) is 0.587. The first-order valence-electron chi connectivity index (χ1n) is 6.31. The zero-order valence-electron chi connectivity index (χ0n) is 10.7. The number of carbonyl (C=O) groups is 2. The summed E-state index contributed by atoms with van der Waals surface area (Å²) in [6, 6.07) is -0.450. The first kappa shape index (κ1) is 14.0. The van der Waals surface area contributed by atoms with E-state index in [9.17, 15) is 9.59 Å². The molecular weight excluding hydrogens is 218 g/mol. The van der Waals surface area contributed by atoms with Crippen LogP contribution in [0.5, 0.6) is 0 Å². The van der Waals surface area contributed by atoms with Gasteiger partial charge in [-0.2, -0.15) is 0 Å². The van der Waals surface area contributed by atoms with Gasteiger partial charge in [-0.05, 0) is 25.2 Å². The smallest absolute Gasteiger partial charge is 0.236 e. The van der Waals surface area contributed by atoms with Crippen molar-refractivity contribution in [1.82, 2.24) is 10.6 Å². The minimum absolute atomic E-state index is 0.103. The Kier molecular flexibility index (Phi) is 5.41. The number of nitrogens with two attached hydrogens (primary N) is 1. The second-order valence-electron chi connectivity index (χ2n) is 5.09. The molecule has 17 heavy (non-hydrogen) atoms. The van der Waals surface area contributed by atoms with E-state index in [1.165, 1.54) is 0 Å². The minimum Gasteiger partial charge on any atom is -0.354 e. The topological polar surface area (TPSA) is 84.2 Å². The molecule has 1 atom stereocenters. The van der Waals surface area contributed by atoms with Gasteiger partial charge in [0.15, 0.2) is 0 Å². The van der Waals surface area contributed by atoms with E-state index in [2.05, 4.69) is 10.6 Å². The number of nitrogens with one attached hydrogen (secondary N) is 2. The maximum absolute atomic E-state index is 11.5. The van der Waals surface area contributed by atoms with Gasteiger partial charge in [0, 0.05) is 19.0 Å². The van der Waals surface area contributed by atoms with Crippen LogP contribution < -0.4 is 16.4 Å². The predicted octanol–water partition coefficient (Wildman–Crippen LogP) is 0.00220. The number of hydrogen-bond donors (Lipinski definition) is 3. The van der Waals surface area contributed by atoms with E-state index in [0.717, 1.165) is 12.8 Å². The molecule has 0 bridgehead atoms. The highest BCUT2D eigenvalue weighted by Gasteiger charge is 2.29. The molecule has 0 aromatic carbocycles. The SMILES string of the molecule is CC(C)C[C@H](N)C(=O)NCCNC(=O)C1CC1. The van der Waals surface area contributed by atoms with Gasteiger partial charge < -0.3 is 16.4 Å². The third-order valence-corrected chi connectivity index (χ3v) is 2.73. The molecule has 0 unspecified atom stereocenters. The van der Waals surface area contributed by atoms with Crippen LogP contribution in [-0.2, 0) is 9.59 Å². The summed E-state index contributed by atoms with van der Waals surface area (Å²) >= 11 is 0. The largest absolute Gasteiger partial charge is 0.354 e. The van der Waals surface area contributed by atoms with Crippen molar-refractivity contribution in [2.45, 2.75) is 39.2 Å². The van der Waals surface area contributed by atoms with E-state index < -0.39 is 6.04 Å². The molecule has 0 aromatic rings. The van der Waals surface area contributed by atoms with Gasteiger partial charge in [0.2, 0.25) is 11.8 Å². The van der Waals surface area contributed by atoms with Crippen LogP contribution >= 0.6 is 0 Å². The Morgan fingerprint density at radius 3 is 2.35 bits per heavy atom. The monoisotopic (exact) mass is 241 g/mol. The molecule has 0 spiro atoms. The molecule has 5 heteroatoms. The normalized spacial score (nSPS) is 16.7. The molecule has 1 saturated carbocycles. The van der Waals surface area contributed by atoms with E-state index in [4.69, 9.17) is 5.73 Å². The summed E-state index contributed by atoms with van der Waals surface area (Å²) in [6.07, 6.45) is 2.68.